The number of aliphatic hydroxyl groups is 2. The van der Waals surface area contributed by atoms with Crippen LogP contribution in [0, 0.1) is 28.6 Å². The van der Waals surface area contributed by atoms with Gasteiger partial charge in [0.05, 0.1) is 36.5 Å². The molecule has 7 nitrogen and oxygen atoms in total. The van der Waals surface area contributed by atoms with Crippen LogP contribution in [0.1, 0.15) is 43.9 Å². The van der Waals surface area contributed by atoms with Gasteiger partial charge < -0.3 is 25.0 Å². The van der Waals surface area contributed by atoms with E-state index in [0.29, 0.717) is 12.2 Å². The van der Waals surface area contributed by atoms with Crippen LogP contribution in [0.5, 0.6) is 0 Å². The van der Waals surface area contributed by atoms with E-state index in [2.05, 4.69) is 54.7 Å². The van der Waals surface area contributed by atoms with Gasteiger partial charge in [-0.25, -0.2) is 0 Å². The van der Waals surface area contributed by atoms with E-state index in [4.69, 9.17) is 24.9 Å². The van der Waals surface area contributed by atoms with Gasteiger partial charge in [0.15, 0.2) is 5.79 Å². The van der Waals surface area contributed by atoms with Gasteiger partial charge in [0.1, 0.15) is 12.1 Å². The van der Waals surface area contributed by atoms with Crippen LogP contribution < -0.4 is 5.32 Å². The van der Waals surface area contributed by atoms with Crippen molar-refractivity contribution in [1.29, 1.82) is 10.5 Å². The summed E-state index contributed by atoms with van der Waals surface area (Å²) in [6.07, 6.45) is 1.87. The normalized spacial score (nSPS) is 19.1. The molecular formula is C33H37N3O4. The van der Waals surface area contributed by atoms with Crippen LogP contribution >= 0.6 is 0 Å². The van der Waals surface area contributed by atoms with E-state index in [9.17, 15) is 5.26 Å². The van der Waals surface area contributed by atoms with Crippen LogP contribution in [0.25, 0.3) is 0 Å². The number of hydrogen-bond donors (Lipinski definition) is 3. The molecule has 7 heteroatoms. The molecular weight excluding hydrogens is 502 g/mol. The maximum Gasteiger partial charge on any atom is 0.156 e. The molecule has 2 unspecified atom stereocenters. The summed E-state index contributed by atoms with van der Waals surface area (Å²) in [5.41, 5.74) is 2.81. The van der Waals surface area contributed by atoms with Crippen molar-refractivity contribution in [3.8, 4) is 12.1 Å². The number of nitrogens with zero attached hydrogens (tertiary/aromatic N) is 2. The van der Waals surface area contributed by atoms with E-state index in [1.54, 1.807) is 6.20 Å². The summed E-state index contributed by atoms with van der Waals surface area (Å²) in [5, 5.41) is 37.4. The van der Waals surface area contributed by atoms with Crippen LogP contribution in [0.4, 0.5) is 0 Å². The molecule has 3 atom stereocenters. The van der Waals surface area contributed by atoms with Crippen LogP contribution in [0.2, 0.25) is 0 Å². The van der Waals surface area contributed by atoms with Crippen molar-refractivity contribution >= 4 is 0 Å². The minimum atomic E-state index is -1.50. The average molecular weight is 540 g/mol. The number of benzene rings is 3. The molecule has 0 saturated carbocycles. The molecule has 40 heavy (non-hydrogen) atoms. The number of hydrogen-bond acceptors (Lipinski definition) is 7. The zero-order valence-electron chi connectivity index (χ0n) is 23.2. The predicted molar refractivity (Wildman–Crippen MR) is 153 cm³/mol. The van der Waals surface area contributed by atoms with Crippen molar-refractivity contribution in [3.63, 3.8) is 0 Å². The standard InChI is InChI=1S/C30H29N3O2.C3H8O2/c1-23-19-28(35-29(23)24(20-32)21-33-18-17-31)22-34-30(25-11-5-2-6-12-25,26-13-7-3-8-14-26)27-15-9-4-10-16-27;1-3(2,4)5/h2-16,21,23,28-29,33H,18-19,22H2,1H3;4-5H,1-2H3/b24-21+;/t23?,28-,29?;/m0./s1. The highest BCUT2D eigenvalue weighted by Gasteiger charge is 2.41. The minimum absolute atomic E-state index is 0.145. The lowest BCUT2D eigenvalue weighted by molar-refractivity contribution is -0.127. The molecule has 0 bridgehead atoms. The van der Waals surface area contributed by atoms with Gasteiger partial charge in [-0.3, -0.25) is 0 Å². The fourth-order valence-corrected chi connectivity index (χ4v) is 4.79. The third kappa shape index (κ3) is 8.26. The maximum atomic E-state index is 9.64. The Hall–Kier alpha value is -3.98. The first kappa shape index (κ1) is 30.6. The number of nitrogens with one attached hydrogen (secondary N) is 1. The summed E-state index contributed by atoms with van der Waals surface area (Å²) in [7, 11) is 0. The molecule has 1 aliphatic heterocycles. The van der Waals surface area contributed by atoms with E-state index in [1.807, 2.05) is 60.7 Å². The van der Waals surface area contributed by atoms with Crippen molar-refractivity contribution in [2.24, 2.45) is 5.92 Å². The Labute approximate surface area is 236 Å². The van der Waals surface area contributed by atoms with Gasteiger partial charge >= 0.3 is 0 Å². The molecule has 3 aromatic carbocycles. The molecule has 1 aliphatic rings. The third-order valence-corrected chi connectivity index (χ3v) is 6.39. The van der Waals surface area contributed by atoms with Gasteiger partial charge in [-0.05, 0) is 42.9 Å². The quantitative estimate of drug-likeness (QED) is 0.115. The fraction of sp³-hybridized carbons (Fsp3) is 0.333. The lowest BCUT2D eigenvalue weighted by Gasteiger charge is -2.36. The van der Waals surface area contributed by atoms with Crippen molar-refractivity contribution in [1.82, 2.24) is 5.32 Å². The molecule has 0 radical (unpaired) electrons. The first-order valence-electron chi connectivity index (χ1n) is 13.3. The molecule has 4 rings (SSSR count). The Morgan fingerprint density at radius 1 is 0.925 bits per heavy atom. The van der Waals surface area contributed by atoms with Crippen molar-refractivity contribution in [2.45, 2.75) is 50.8 Å². The summed E-state index contributed by atoms with van der Waals surface area (Å²) in [6.45, 7) is 5.19. The molecule has 208 valence electrons. The van der Waals surface area contributed by atoms with Gasteiger partial charge in [-0.2, -0.15) is 10.5 Å². The van der Waals surface area contributed by atoms with Crippen LogP contribution in [0.15, 0.2) is 103 Å². The molecule has 0 aliphatic carbocycles. The Kier molecular flexibility index (Phi) is 11.0. The Bertz CT molecular complexity index is 1190. The number of ether oxygens (including phenoxy) is 2. The molecule has 0 amide bonds. The van der Waals surface area contributed by atoms with Crippen LogP contribution in [-0.2, 0) is 15.1 Å². The number of nitriles is 2. The molecule has 0 spiro atoms. The molecule has 3 N–H and O–H groups in total. The highest BCUT2D eigenvalue weighted by molar-refractivity contribution is 5.47. The van der Waals surface area contributed by atoms with Gasteiger partial charge in [0.25, 0.3) is 0 Å². The second-order valence-corrected chi connectivity index (χ2v) is 10.2. The van der Waals surface area contributed by atoms with E-state index in [1.165, 1.54) is 13.8 Å². The van der Waals surface area contributed by atoms with Gasteiger partial charge in [0, 0.05) is 6.20 Å². The van der Waals surface area contributed by atoms with E-state index < -0.39 is 11.4 Å². The third-order valence-electron chi connectivity index (χ3n) is 6.39. The molecule has 1 saturated heterocycles. The molecule has 0 aromatic heterocycles. The summed E-state index contributed by atoms with van der Waals surface area (Å²) in [6, 6.07) is 35.0. The van der Waals surface area contributed by atoms with Crippen molar-refractivity contribution < 1.29 is 19.7 Å². The number of rotatable bonds is 9. The Morgan fingerprint density at radius 2 is 1.38 bits per heavy atom. The summed E-state index contributed by atoms with van der Waals surface area (Å²) >= 11 is 0. The summed E-state index contributed by atoms with van der Waals surface area (Å²) < 4.78 is 13.2. The average Bonchev–Trinajstić information content (AvgIpc) is 3.32. The summed E-state index contributed by atoms with van der Waals surface area (Å²) in [4.78, 5) is 0. The zero-order valence-corrected chi connectivity index (χ0v) is 23.2. The Balaban J connectivity index is 0.000000810. The van der Waals surface area contributed by atoms with Crippen LogP contribution in [0.3, 0.4) is 0 Å². The van der Waals surface area contributed by atoms with E-state index in [0.717, 1.165) is 23.1 Å². The fourth-order valence-electron chi connectivity index (χ4n) is 4.79. The van der Waals surface area contributed by atoms with E-state index in [-0.39, 0.29) is 24.7 Å². The topological polar surface area (TPSA) is 119 Å². The Morgan fingerprint density at radius 3 is 1.77 bits per heavy atom. The predicted octanol–water partition coefficient (Wildman–Crippen LogP) is 5.02. The van der Waals surface area contributed by atoms with Gasteiger partial charge in [-0.1, -0.05) is 97.9 Å². The van der Waals surface area contributed by atoms with Crippen molar-refractivity contribution in [3.05, 3.63) is 119 Å². The van der Waals surface area contributed by atoms with Crippen LogP contribution in [-0.4, -0.2) is 41.4 Å². The maximum absolute atomic E-state index is 9.64. The highest BCUT2D eigenvalue weighted by Crippen LogP contribution is 2.41. The SMILES string of the molecule is CC(C)(O)O.CC1C[C@@H](COC(c2ccccc2)(c2ccccc2)c2ccccc2)OC1/C(C#N)=C/NCC#N. The monoisotopic (exact) mass is 539 g/mol. The first-order chi connectivity index (χ1) is 19.2. The smallest absolute Gasteiger partial charge is 0.156 e. The lowest BCUT2D eigenvalue weighted by atomic mass is 9.80. The molecule has 3 aromatic rings. The second-order valence-electron chi connectivity index (χ2n) is 10.2. The molecule has 1 fully saturated rings. The van der Waals surface area contributed by atoms with Gasteiger partial charge in [0.2, 0.25) is 0 Å². The second kappa shape index (κ2) is 14.4. The highest BCUT2D eigenvalue weighted by atomic mass is 16.6. The zero-order chi connectivity index (χ0) is 29.0. The molecule has 1 heterocycles. The van der Waals surface area contributed by atoms with E-state index >= 15 is 0 Å². The largest absolute Gasteiger partial charge is 0.377 e. The minimum Gasteiger partial charge on any atom is -0.377 e. The van der Waals surface area contributed by atoms with Gasteiger partial charge in [-0.15, -0.1) is 0 Å². The van der Waals surface area contributed by atoms with Crippen molar-refractivity contribution in [2.75, 3.05) is 13.2 Å². The lowest BCUT2D eigenvalue weighted by Crippen LogP contribution is -2.35. The summed E-state index contributed by atoms with van der Waals surface area (Å²) in [5.74, 6) is -1.35. The first-order valence-corrected chi connectivity index (χ1v) is 13.3.